The first kappa shape index (κ1) is 12.6. The molecule has 0 aliphatic rings. The molecule has 1 heterocycles. The number of benzene rings is 1. The van der Waals surface area contributed by atoms with Gasteiger partial charge in [0.2, 0.25) is 0 Å². The number of aromatic nitrogens is 2. The Morgan fingerprint density at radius 1 is 1.39 bits per heavy atom. The molecule has 1 atom stereocenters. The van der Waals surface area contributed by atoms with E-state index in [1.165, 1.54) is 5.56 Å². The largest absolute Gasteiger partial charge is 0.508 e. The third-order valence-electron chi connectivity index (χ3n) is 3.33. The summed E-state index contributed by atoms with van der Waals surface area (Å²) in [5, 5.41) is 17.3. The third kappa shape index (κ3) is 2.54. The van der Waals surface area contributed by atoms with Gasteiger partial charge in [-0.3, -0.25) is 4.68 Å². The molecule has 96 valence electrons. The summed E-state index contributed by atoms with van der Waals surface area (Å²) in [5.74, 6) is 0.333. The van der Waals surface area contributed by atoms with Crippen LogP contribution < -0.4 is 5.32 Å². The Kier molecular flexibility index (Phi) is 3.67. The molecule has 0 spiro atoms. The van der Waals surface area contributed by atoms with E-state index in [0.717, 1.165) is 11.3 Å². The molecule has 4 nitrogen and oxygen atoms in total. The van der Waals surface area contributed by atoms with Crippen LogP contribution in [0, 0.1) is 6.92 Å². The maximum atomic E-state index is 9.70. The number of para-hydroxylation sites is 1. The van der Waals surface area contributed by atoms with Gasteiger partial charge in [-0.2, -0.15) is 5.10 Å². The van der Waals surface area contributed by atoms with Gasteiger partial charge in [0.1, 0.15) is 5.75 Å². The van der Waals surface area contributed by atoms with Crippen LogP contribution in [-0.4, -0.2) is 14.9 Å². The Labute approximate surface area is 107 Å². The second-order valence-electron chi connectivity index (χ2n) is 4.54. The van der Waals surface area contributed by atoms with Crippen LogP contribution in [0.5, 0.6) is 5.75 Å². The molecule has 2 N–H and O–H groups in total. The average Bonchev–Trinajstić information content (AvgIpc) is 2.69. The number of hydrogen-bond donors (Lipinski definition) is 2. The first-order valence-corrected chi connectivity index (χ1v) is 6.08. The van der Waals surface area contributed by atoms with Crippen molar-refractivity contribution in [1.82, 2.24) is 15.1 Å². The molecule has 0 saturated carbocycles. The molecule has 1 aromatic heterocycles. The quantitative estimate of drug-likeness (QED) is 0.869. The van der Waals surface area contributed by atoms with Crippen molar-refractivity contribution in [2.75, 3.05) is 0 Å². The molecule has 0 aliphatic heterocycles. The lowest BCUT2D eigenvalue weighted by atomic mass is 10.1. The molecule has 0 amide bonds. The van der Waals surface area contributed by atoms with E-state index < -0.39 is 0 Å². The Balaban J connectivity index is 2.03. The minimum absolute atomic E-state index is 0.207. The lowest BCUT2D eigenvalue weighted by molar-refractivity contribution is 0.460. The number of rotatable bonds is 4. The van der Waals surface area contributed by atoms with Crippen molar-refractivity contribution in [2.24, 2.45) is 7.05 Å². The Hall–Kier alpha value is -1.81. The highest BCUT2D eigenvalue weighted by atomic mass is 16.3. The van der Waals surface area contributed by atoms with Crippen LogP contribution in [-0.2, 0) is 13.6 Å². The van der Waals surface area contributed by atoms with Crippen LogP contribution in [0.4, 0.5) is 0 Å². The average molecular weight is 245 g/mol. The maximum absolute atomic E-state index is 9.70. The van der Waals surface area contributed by atoms with Gasteiger partial charge in [-0.25, -0.2) is 0 Å². The topological polar surface area (TPSA) is 50.1 Å². The normalized spacial score (nSPS) is 12.6. The van der Waals surface area contributed by atoms with Crippen LogP contribution in [0.15, 0.2) is 30.5 Å². The molecule has 0 bridgehead atoms. The summed E-state index contributed by atoms with van der Waals surface area (Å²) in [5.41, 5.74) is 3.26. The standard InChI is InChI=1S/C14H19N3O/c1-10(13-9-16-17(3)11(13)2)15-8-12-6-4-5-7-14(12)18/h4-7,9-10,15,18H,8H2,1-3H3. The zero-order valence-electron chi connectivity index (χ0n) is 11.0. The number of aromatic hydroxyl groups is 1. The van der Waals surface area contributed by atoms with Gasteiger partial charge in [0.05, 0.1) is 6.20 Å². The lowest BCUT2D eigenvalue weighted by Gasteiger charge is -2.14. The number of phenolic OH excluding ortho intramolecular Hbond substituents is 1. The number of phenols is 1. The summed E-state index contributed by atoms with van der Waals surface area (Å²) in [6.07, 6.45) is 1.89. The Bertz CT molecular complexity index is 534. The predicted molar refractivity (Wildman–Crippen MR) is 71.3 cm³/mol. The van der Waals surface area contributed by atoms with E-state index in [2.05, 4.69) is 24.3 Å². The number of hydrogen-bond acceptors (Lipinski definition) is 3. The van der Waals surface area contributed by atoms with Gasteiger partial charge in [-0.05, 0) is 19.9 Å². The minimum atomic E-state index is 0.207. The van der Waals surface area contributed by atoms with E-state index in [0.29, 0.717) is 12.3 Å². The van der Waals surface area contributed by atoms with Crippen molar-refractivity contribution in [1.29, 1.82) is 0 Å². The summed E-state index contributed by atoms with van der Waals surface area (Å²) in [4.78, 5) is 0. The molecule has 0 fully saturated rings. The zero-order valence-corrected chi connectivity index (χ0v) is 11.0. The van der Waals surface area contributed by atoms with Gasteiger partial charge in [0.25, 0.3) is 0 Å². The monoisotopic (exact) mass is 245 g/mol. The molecule has 0 aliphatic carbocycles. The minimum Gasteiger partial charge on any atom is -0.508 e. The first-order chi connectivity index (χ1) is 8.59. The molecular formula is C14H19N3O. The van der Waals surface area contributed by atoms with E-state index in [9.17, 15) is 5.11 Å². The van der Waals surface area contributed by atoms with Gasteiger partial charge in [0.15, 0.2) is 0 Å². The summed E-state index contributed by atoms with van der Waals surface area (Å²) in [6.45, 7) is 4.80. The molecule has 2 rings (SSSR count). The van der Waals surface area contributed by atoms with Crippen LogP contribution in [0.25, 0.3) is 0 Å². The fourth-order valence-electron chi connectivity index (χ4n) is 1.97. The van der Waals surface area contributed by atoms with Gasteiger partial charge in [-0.15, -0.1) is 0 Å². The van der Waals surface area contributed by atoms with Crippen molar-refractivity contribution in [3.05, 3.63) is 47.3 Å². The zero-order chi connectivity index (χ0) is 13.1. The summed E-state index contributed by atoms with van der Waals surface area (Å²) < 4.78 is 1.87. The summed E-state index contributed by atoms with van der Waals surface area (Å²) >= 11 is 0. The molecule has 18 heavy (non-hydrogen) atoms. The maximum Gasteiger partial charge on any atom is 0.120 e. The fourth-order valence-corrected chi connectivity index (χ4v) is 1.97. The van der Waals surface area contributed by atoms with Gasteiger partial charge < -0.3 is 10.4 Å². The highest BCUT2D eigenvalue weighted by molar-refractivity contribution is 5.31. The van der Waals surface area contributed by atoms with Crippen LogP contribution >= 0.6 is 0 Å². The van der Waals surface area contributed by atoms with Crippen molar-refractivity contribution in [2.45, 2.75) is 26.4 Å². The molecule has 2 aromatic rings. The fraction of sp³-hybridized carbons (Fsp3) is 0.357. The molecule has 4 heteroatoms. The second-order valence-corrected chi connectivity index (χ2v) is 4.54. The van der Waals surface area contributed by atoms with Crippen LogP contribution in [0.1, 0.15) is 29.8 Å². The van der Waals surface area contributed by atoms with E-state index in [1.807, 2.05) is 36.1 Å². The number of aryl methyl sites for hydroxylation is 1. The van der Waals surface area contributed by atoms with Crippen molar-refractivity contribution < 1.29 is 5.11 Å². The van der Waals surface area contributed by atoms with Gasteiger partial charge in [0, 0.05) is 36.5 Å². The highest BCUT2D eigenvalue weighted by Gasteiger charge is 2.11. The molecule has 0 radical (unpaired) electrons. The van der Waals surface area contributed by atoms with E-state index >= 15 is 0 Å². The molecular weight excluding hydrogens is 226 g/mol. The summed E-state index contributed by atoms with van der Waals surface area (Å²) in [7, 11) is 1.94. The Morgan fingerprint density at radius 2 is 2.11 bits per heavy atom. The molecule has 0 saturated heterocycles. The van der Waals surface area contributed by atoms with Crippen molar-refractivity contribution in [3.63, 3.8) is 0 Å². The first-order valence-electron chi connectivity index (χ1n) is 6.08. The van der Waals surface area contributed by atoms with E-state index in [4.69, 9.17) is 0 Å². The number of nitrogens with zero attached hydrogens (tertiary/aromatic N) is 2. The highest BCUT2D eigenvalue weighted by Crippen LogP contribution is 2.19. The molecule has 1 aromatic carbocycles. The second kappa shape index (κ2) is 5.23. The van der Waals surface area contributed by atoms with E-state index in [-0.39, 0.29) is 6.04 Å². The number of nitrogens with one attached hydrogen (secondary N) is 1. The third-order valence-corrected chi connectivity index (χ3v) is 3.33. The predicted octanol–water partition coefficient (Wildman–Crippen LogP) is 2.28. The lowest BCUT2D eigenvalue weighted by Crippen LogP contribution is -2.18. The Morgan fingerprint density at radius 3 is 2.72 bits per heavy atom. The van der Waals surface area contributed by atoms with Crippen LogP contribution in [0.2, 0.25) is 0 Å². The van der Waals surface area contributed by atoms with Gasteiger partial charge >= 0.3 is 0 Å². The van der Waals surface area contributed by atoms with Crippen LogP contribution in [0.3, 0.4) is 0 Å². The molecule has 1 unspecified atom stereocenters. The van der Waals surface area contributed by atoms with Crippen molar-refractivity contribution in [3.8, 4) is 5.75 Å². The SMILES string of the molecule is Cc1c(C(C)NCc2ccccc2O)cnn1C. The summed E-state index contributed by atoms with van der Waals surface area (Å²) in [6, 6.07) is 7.59. The van der Waals surface area contributed by atoms with E-state index in [1.54, 1.807) is 6.07 Å². The van der Waals surface area contributed by atoms with Crippen molar-refractivity contribution >= 4 is 0 Å². The van der Waals surface area contributed by atoms with Gasteiger partial charge in [-0.1, -0.05) is 18.2 Å². The smallest absolute Gasteiger partial charge is 0.120 e.